The van der Waals surface area contributed by atoms with Crippen LogP contribution in [0.25, 0.3) is 0 Å². The number of carbonyl (C=O) groups excluding carboxylic acids is 1. The molecule has 0 bridgehead atoms. The van der Waals surface area contributed by atoms with Crippen molar-refractivity contribution in [2.45, 2.75) is 172 Å². The molecule has 1 aliphatic rings. The summed E-state index contributed by atoms with van der Waals surface area (Å²) in [6, 6.07) is -0.793. The van der Waals surface area contributed by atoms with Crippen LogP contribution in [0, 0.1) is 0 Å². The molecule has 9 nitrogen and oxygen atoms in total. The summed E-state index contributed by atoms with van der Waals surface area (Å²) in [5, 5.41) is 53.4. The van der Waals surface area contributed by atoms with E-state index in [1.165, 1.54) is 57.8 Å². The van der Waals surface area contributed by atoms with E-state index >= 15 is 0 Å². The molecule has 0 radical (unpaired) electrons. The number of aliphatic hydroxyl groups excluding tert-OH is 5. The van der Waals surface area contributed by atoms with Crippen molar-refractivity contribution in [2.24, 2.45) is 0 Å². The van der Waals surface area contributed by atoms with Gasteiger partial charge >= 0.3 is 0 Å². The Morgan fingerprint density at radius 1 is 0.902 bits per heavy atom. The normalized spacial score (nSPS) is 24.5. The number of hydrogen-bond donors (Lipinski definition) is 6. The maximum Gasteiger partial charge on any atom is 0.220 e. The first-order valence-electron chi connectivity index (χ1n) is 16.4. The number of carbonyl (C=O) groups is 1. The first kappa shape index (κ1) is 38.0. The van der Waals surface area contributed by atoms with Crippen molar-refractivity contribution >= 4 is 5.91 Å². The van der Waals surface area contributed by atoms with Crippen molar-refractivity contribution in [3.8, 4) is 0 Å². The van der Waals surface area contributed by atoms with Gasteiger partial charge in [-0.15, -0.1) is 0 Å². The van der Waals surface area contributed by atoms with Crippen LogP contribution >= 0.6 is 0 Å². The average molecular weight is 596 g/mol. The molecule has 0 aliphatic carbocycles. The van der Waals surface area contributed by atoms with E-state index < -0.39 is 49.5 Å². The number of amides is 1. The van der Waals surface area contributed by atoms with Crippen LogP contribution in [-0.2, 0) is 14.3 Å². The highest BCUT2D eigenvalue weighted by Gasteiger charge is 2.44. The van der Waals surface area contributed by atoms with E-state index in [0.29, 0.717) is 6.42 Å². The zero-order chi connectivity index (χ0) is 30.3. The van der Waals surface area contributed by atoms with Gasteiger partial charge in [0.25, 0.3) is 0 Å². The molecule has 0 saturated carbocycles. The molecule has 6 N–H and O–H groups in total. The number of rotatable bonds is 25. The molecular weight excluding hydrogens is 534 g/mol. The second-order valence-electron chi connectivity index (χ2n) is 11.6. The monoisotopic (exact) mass is 595 g/mol. The van der Waals surface area contributed by atoms with Crippen molar-refractivity contribution in [1.29, 1.82) is 0 Å². The van der Waals surface area contributed by atoms with E-state index in [1.54, 1.807) is 6.08 Å². The van der Waals surface area contributed by atoms with Gasteiger partial charge in [0.15, 0.2) is 6.29 Å². The predicted molar refractivity (Wildman–Crippen MR) is 161 cm³/mol. The third-order valence-electron chi connectivity index (χ3n) is 7.86. The second kappa shape index (κ2) is 24.4. The molecule has 9 heteroatoms. The summed E-state index contributed by atoms with van der Waals surface area (Å²) in [7, 11) is 0. The second-order valence-corrected chi connectivity index (χ2v) is 11.6. The van der Waals surface area contributed by atoms with Gasteiger partial charge in [-0.3, -0.25) is 4.79 Å². The van der Waals surface area contributed by atoms with Crippen molar-refractivity contribution in [3.63, 3.8) is 0 Å². The molecule has 41 heavy (non-hydrogen) atoms. The highest BCUT2D eigenvalue weighted by Crippen LogP contribution is 2.22. The fraction of sp³-hybridized carbons (Fsp3) is 0.906. The van der Waals surface area contributed by atoms with Crippen LogP contribution in [0.3, 0.4) is 0 Å². The lowest BCUT2D eigenvalue weighted by molar-refractivity contribution is -0.302. The van der Waals surface area contributed by atoms with E-state index in [0.717, 1.165) is 51.4 Å². The Hall–Kier alpha value is -1.07. The van der Waals surface area contributed by atoms with Gasteiger partial charge in [0.1, 0.15) is 24.4 Å². The molecule has 1 saturated heterocycles. The maximum atomic E-state index is 12.6. The molecule has 1 aliphatic heterocycles. The number of nitrogens with one attached hydrogen (secondary N) is 1. The third-order valence-corrected chi connectivity index (χ3v) is 7.86. The molecule has 0 aromatic heterocycles. The predicted octanol–water partition coefficient (Wildman–Crippen LogP) is 4.27. The van der Waals surface area contributed by atoms with Gasteiger partial charge in [-0.1, -0.05) is 116 Å². The summed E-state index contributed by atoms with van der Waals surface area (Å²) >= 11 is 0. The van der Waals surface area contributed by atoms with Gasteiger partial charge in [0, 0.05) is 6.42 Å². The highest BCUT2D eigenvalue weighted by atomic mass is 17.1. The fourth-order valence-corrected chi connectivity index (χ4v) is 5.09. The van der Waals surface area contributed by atoms with Gasteiger partial charge in [0.05, 0.1) is 25.4 Å². The number of hydrogen-bond acceptors (Lipinski definition) is 8. The van der Waals surface area contributed by atoms with Crippen LogP contribution in [-0.4, -0.2) is 87.5 Å². The zero-order valence-electron chi connectivity index (χ0n) is 25.8. The SMILES string of the molecule is CCCCCCCCCCCCC/C=C/[C@@H](O)[C@H](CO[14C@@H]1O[14C@H]([14CH2]O)[14C@@H](O)[C@H](O)[C@H]1O)NC(=O)CCCCCCC. The Bertz CT molecular complexity index is 662. The van der Waals surface area contributed by atoms with Gasteiger partial charge in [-0.05, 0) is 19.3 Å². The summed E-state index contributed by atoms with van der Waals surface area (Å²) in [5.41, 5.74) is 0. The van der Waals surface area contributed by atoms with Crippen LogP contribution in [0.15, 0.2) is 12.2 Å². The topological polar surface area (TPSA) is 149 Å². The zero-order valence-corrected chi connectivity index (χ0v) is 25.8. The van der Waals surface area contributed by atoms with Gasteiger partial charge < -0.3 is 40.3 Å². The molecule has 7 atom stereocenters. The minimum Gasteiger partial charge on any atom is -0.394 e. The smallest absolute Gasteiger partial charge is 0.220 e. The molecule has 242 valence electrons. The summed E-state index contributed by atoms with van der Waals surface area (Å²) in [6.45, 7) is 3.63. The van der Waals surface area contributed by atoms with Gasteiger partial charge in [-0.2, -0.15) is 0 Å². The Morgan fingerprint density at radius 3 is 2.00 bits per heavy atom. The van der Waals surface area contributed by atoms with Crippen LogP contribution in [0.2, 0.25) is 0 Å². The van der Waals surface area contributed by atoms with E-state index in [9.17, 15) is 30.3 Å². The fourth-order valence-electron chi connectivity index (χ4n) is 5.09. The summed E-state index contributed by atoms with van der Waals surface area (Å²) in [4.78, 5) is 12.6. The first-order valence-corrected chi connectivity index (χ1v) is 16.4. The van der Waals surface area contributed by atoms with Crippen molar-refractivity contribution in [1.82, 2.24) is 5.32 Å². The lowest BCUT2D eigenvalue weighted by atomic mass is 10.0. The van der Waals surface area contributed by atoms with Gasteiger partial charge in [-0.25, -0.2) is 0 Å². The maximum absolute atomic E-state index is 12.6. The molecule has 0 aromatic rings. The number of allylic oxidation sites excluding steroid dienone is 1. The van der Waals surface area contributed by atoms with E-state index in [1.807, 2.05) is 6.08 Å². The standard InChI is InChI=1S/C32H61NO8/c1-3-5-7-9-10-11-12-13-14-15-16-18-19-21-26(35)25(33-28(36)22-20-17-8-6-4-2)24-40-32-31(39)30(38)29(37)27(23-34)41-32/h19,21,25-27,29-32,34-35,37-39H,3-18,20,22-24H2,1-2H3,(H,33,36)/b21-19+/t25-,26+,27+,29+,30-,31+,32+/m0/s1/i23+2,27+2,29+2,32+2. The molecule has 0 spiro atoms. The first-order chi connectivity index (χ1) is 19.8. The third kappa shape index (κ3) is 17.0. The Morgan fingerprint density at radius 2 is 1.44 bits per heavy atom. The quantitative estimate of drug-likeness (QED) is 0.0677. The Balaban J connectivity index is 2.50. The van der Waals surface area contributed by atoms with Crippen LogP contribution in [0.5, 0.6) is 0 Å². The van der Waals surface area contributed by atoms with Crippen LogP contribution in [0.4, 0.5) is 0 Å². The Labute approximate surface area is 248 Å². The minimum atomic E-state index is -1.56. The lowest BCUT2D eigenvalue weighted by Crippen LogP contribution is -2.60. The van der Waals surface area contributed by atoms with Crippen molar-refractivity contribution < 1.29 is 39.8 Å². The van der Waals surface area contributed by atoms with Gasteiger partial charge in [0.2, 0.25) is 5.91 Å². The molecule has 0 unspecified atom stereocenters. The van der Waals surface area contributed by atoms with Crippen molar-refractivity contribution in [2.75, 3.05) is 13.2 Å². The minimum absolute atomic E-state index is 0.186. The molecule has 0 aromatic carbocycles. The van der Waals surface area contributed by atoms with E-state index in [2.05, 4.69) is 19.2 Å². The van der Waals surface area contributed by atoms with E-state index in [-0.39, 0.29) is 12.5 Å². The number of ether oxygens (including phenoxy) is 2. The van der Waals surface area contributed by atoms with Crippen LogP contribution in [0.1, 0.15) is 129 Å². The van der Waals surface area contributed by atoms with Crippen molar-refractivity contribution in [3.05, 3.63) is 12.2 Å². The molecule has 1 heterocycles. The lowest BCUT2D eigenvalue weighted by Gasteiger charge is -2.40. The highest BCUT2D eigenvalue weighted by molar-refractivity contribution is 5.76. The van der Waals surface area contributed by atoms with Crippen LogP contribution < -0.4 is 5.32 Å². The molecular formula is C32H61NO8. The largest absolute Gasteiger partial charge is 0.394 e. The Kier molecular flexibility index (Phi) is 22.6. The summed E-state index contributed by atoms with van der Waals surface area (Å²) < 4.78 is 11.0. The number of unbranched alkanes of at least 4 members (excludes halogenated alkanes) is 15. The number of aliphatic hydroxyl groups is 5. The molecule has 1 rings (SSSR count). The molecule has 1 amide bonds. The summed E-state index contributed by atoms with van der Waals surface area (Å²) in [6.07, 6.45) is 15.8. The van der Waals surface area contributed by atoms with E-state index in [4.69, 9.17) is 9.47 Å². The molecule has 1 fully saturated rings. The summed E-state index contributed by atoms with van der Waals surface area (Å²) in [5.74, 6) is -0.193. The average Bonchev–Trinajstić information content (AvgIpc) is 2.97.